The Hall–Kier alpha value is -1.14. The van der Waals surface area contributed by atoms with Crippen LogP contribution in [0.5, 0.6) is 0 Å². The number of rotatable bonds is 7. The third-order valence-electron chi connectivity index (χ3n) is 1.78. The van der Waals surface area contributed by atoms with Crippen molar-refractivity contribution in [2.75, 3.05) is 6.54 Å². The lowest BCUT2D eigenvalue weighted by atomic mass is 10.1. The van der Waals surface area contributed by atoms with Gasteiger partial charge in [0.15, 0.2) is 0 Å². The molecule has 0 aromatic rings. The second-order valence-corrected chi connectivity index (χ2v) is 3.37. The lowest BCUT2D eigenvalue weighted by Crippen LogP contribution is -2.30. The molecule has 0 aliphatic carbocycles. The van der Waals surface area contributed by atoms with Crippen LogP contribution in [0.25, 0.3) is 0 Å². The van der Waals surface area contributed by atoms with Crippen molar-refractivity contribution in [1.29, 1.82) is 0 Å². The van der Waals surface area contributed by atoms with Crippen LogP contribution in [0, 0.1) is 0 Å². The highest BCUT2D eigenvalue weighted by Gasteiger charge is 2.16. The van der Waals surface area contributed by atoms with Crippen molar-refractivity contribution < 1.29 is 19.8 Å². The number of aliphatic hydroxyl groups is 2. The minimum Gasteiger partial charge on any atom is -0.392 e. The molecule has 5 N–H and O–H groups in total. The van der Waals surface area contributed by atoms with Crippen molar-refractivity contribution in [1.82, 2.24) is 5.32 Å². The van der Waals surface area contributed by atoms with Gasteiger partial charge in [0.25, 0.3) is 0 Å². The average Bonchev–Trinajstić information content (AvgIpc) is 2.00. The summed E-state index contributed by atoms with van der Waals surface area (Å²) in [5, 5.41) is 21.1. The minimum atomic E-state index is -0.994. The number of hydrogen-bond acceptors (Lipinski definition) is 4. The van der Waals surface area contributed by atoms with Crippen LogP contribution in [-0.2, 0) is 9.59 Å². The number of hydrogen-bond donors (Lipinski definition) is 4. The molecular formula is C9H18N2O4. The summed E-state index contributed by atoms with van der Waals surface area (Å²) in [5.74, 6) is -0.913. The fourth-order valence-electron chi connectivity index (χ4n) is 1.20. The van der Waals surface area contributed by atoms with Gasteiger partial charge in [0.05, 0.1) is 25.0 Å². The van der Waals surface area contributed by atoms with E-state index < -0.39 is 18.1 Å². The normalized spacial score (nSPS) is 14.3. The summed E-state index contributed by atoms with van der Waals surface area (Å²) >= 11 is 0. The molecule has 0 fully saturated rings. The van der Waals surface area contributed by atoms with E-state index in [0.717, 1.165) is 0 Å². The van der Waals surface area contributed by atoms with E-state index in [4.69, 9.17) is 5.73 Å². The smallest absolute Gasteiger partial charge is 0.222 e. The van der Waals surface area contributed by atoms with Crippen LogP contribution < -0.4 is 11.1 Å². The first kappa shape index (κ1) is 13.9. The first-order valence-electron chi connectivity index (χ1n) is 4.86. The van der Waals surface area contributed by atoms with Gasteiger partial charge in [0, 0.05) is 13.0 Å². The molecular weight excluding hydrogens is 200 g/mol. The predicted octanol–water partition coefficient (Wildman–Crippen LogP) is -1.50. The molecule has 0 aromatic carbocycles. The monoisotopic (exact) mass is 218 g/mol. The van der Waals surface area contributed by atoms with Gasteiger partial charge in [-0.1, -0.05) is 0 Å². The number of nitrogens with two attached hydrogens (primary N) is 1. The number of nitrogens with one attached hydrogen (secondary N) is 1. The van der Waals surface area contributed by atoms with Crippen molar-refractivity contribution in [2.24, 2.45) is 5.73 Å². The Morgan fingerprint density at radius 3 is 2.27 bits per heavy atom. The number of primary amides is 1. The largest absolute Gasteiger partial charge is 0.392 e. The Morgan fingerprint density at radius 1 is 1.27 bits per heavy atom. The maximum atomic E-state index is 11.0. The van der Waals surface area contributed by atoms with Gasteiger partial charge in [-0.3, -0.25) is 9.59 Å². The summed E-state index contributed by atoms with van der Waals surface area (Å²) in [5.41, 5.74) is 4.86. The summed E-state index contributed by atoms with van der Waals surface area (Å²) in [6.45, 7) is 2.27. The van der Waals surface area contributed by atoms with Crippen molar-refractivity contribution >= 4 is 11.8 Å². The molecule has 0 saturated carbocycles. The van der Waals surface area contributed by atoms with Crippen molar-refractivity contribution in [2.45, 2.75) is 38.4 Å². The van der Waals surface area contributed by atoms with E-state index in [1.165, 1.54) is 0 Å². The van der Waals surface area contributed by atoms with Crippen molar-refractivity contribution in [3.63, 3.8) is 0 Å². The predicted molar refractivity (Wildman–Crippen MR) is 53.7 cm³/mol. The first-order valence-corrected chi connectivity index (χ1v) is 4.86. The van der Waals surface area contributed by atoms with Gasteiger partial charge in [0.2, 0.25) is 11.8 Å². The molecule has 0 unspecified atom stereocenters. The Bertz CT molecular complexity index is 220. The van der Waals surface area contributed by atoms with Gasteiger partial charge in [-0.05, 0) is 6.92 Å². The quantitative estimate of drug-likeness (QED) is 0.416. The van der Waals surface area contributed by atoms with E-state index in [-0.39, 0.29) is 25.2 Å². The summed E-state index contributed by atoms with van der Waals surface area (Å²) < 4.78 is 0. The molecule has 0 aliphatic heterocycles. The lowest BCUT2D eigenvalue weighted by molar-refractivity contribution is -0.123. The zero-order chi connectivity index (χ0) is 11.8. The molecule has 0 aliphatic rings. The second kappa shape index (κ2) is 7.19. The topological polar surface area (TPSA) is 113 Å². The summed E-state index contributed by atoms with van der Waals surface area (Å²) in [6.07, 6.45) is -2.26. The Morgan fingerprint density at radius 2 is 1.80 bits per heavy atom. The van der Waals surface area contributed by atoms with Gasteiger partial charge in [-0.25, -0.2) is 0 Å². The minimum absolute atomic E-state index is 0.0277. The van der Waals surface area contributed by atoms with Gasteiger partial charge in [0.1, 0.15) is 0 Å². The highest BCUT2D eigenvalue weighted by Crippen LogP contribution is 2.05. The van der Waals surface area contributed by atoms with Crippen LogP contribution in [0.4, 0.5) is 0 Å². The lowest BCUT2D eigenvalue weighted by Gasteiger charge is -2.13. The summed E-state index contributed by atoms with van der Waals surface area (Å²) in [6, 6.07) is 0. The van der Waals surface area contributed by atoms with E-state index in [9.17, 15) is 19.8 Å². The second-order valence-electron chi connectivity index (χ2n) is 3.37. The van der Waals surface area contributed by atoms with E-state index >= 15 is 0 Å². The number of carbonyl (C=O) groups is 2. The molecule has 6 nitrogen and oxygen atoms in total. The Kier molecular flexibility index (Phi) is 6.64. The highest BCUT2D eigenvalue weighted by molar-refractivity contribution is 5.76. The average molecular weight is 218 g/mol. The molecule has 0 rings (SSSR count). The maximum absolute atomic E-state index is 11.0. The molecule has 2 amide bonds. The number of amides is 2. The Balaban J connectivity index is 3.77. The molecule has 2 atom stereocenters. The standard InChI is InChI=1S/C9H18N2O4/c1-2-11-9(15)5-7(13)3-6(12)4-8(10)14/h6-7,12-13H,2-5H2,1H3,(H2,10,14)(H,11,15)/t6-,7-/m1/s1. The summed E-state index contributed by atoms with van der Waals surface area (Å²) in [4.78, 5) is 21.4. The van der Waals surface area contributed by atoms with Crippen molar-refractivity contribution in [3.8, 4) is 0 Å². The van der Waals surface area contributed by atoms with Crippen LogP contribution >= 0.6 is 0 Å². The maximum Gasteiger partial charge on any atom is 0.222 e. The van der Waals surface area contributed by atoms with Crippen LogP contribution in [0.15, 0.2) is 0 Å². The molecule has 6 heteroatoms. The zero-order valence-corrected chi connectivity index (χ0v) is 8.77. The Labute approximate surface area is 88.5 Å². The van der Waals surface area contributed by atoms with Crippen LogP contribution in [-0.4, -0.2) is 40.8 Å². The molecule has 15 heavy (non-hydrogen) atoms. The van der Waals surface area contributed by atoms with Crippen LogP contribution in [0.1, 0.15) is 26.2 Å². The number of carbonyl (C=O) groups excluding carboxylic acids is 2. The molecule has 0 spiro atoms. The van der Waals surface area contributed by atoms with Crippen LogP contribution in [0.3, 0.4) is 0 Å². The molecule has 88 valence electrons. The molecule has 0 aromatic heterocycles. The van der Waals surface area contributed by atoms with E-state index in [2.05, 4.69) is 5.32 Å². The van der Waals surface area contributed by atoms with Gasteiger partial charge in [-0.15, -0.1) is 0 Å². The van der Waals surface area contributed by atoms with Crippen molar-refractivity contribution in [3.05, 3.63) is 0 Å². The van der Waals surface area contributed by atoms with Gasteiger partial charge in [-0.2, -0.15) is 0 Å². The highest BCUT2D eigenvalue weighted by atomic mass is 16.3. The SMILES string of the molecule is CCNC(=O)C[C@H](O)C[C@@H](O)CC(N)=O. The molecule has 0 radical (unpaired) electrons. The zero-order valence-electron chi connectivity index (χ0n) is 8.77. The van der Waals surface area contributed by atoms with Gasteiger partial charge < -0.3 is 21.3 Å². The van der Waals surface area contributed by atoms with Gasteiger partial charge >= 0.3 is 0 Å². The third-order valence-corrected chi connectivity index (χ3v) is 1.78. The summed E-state index contributed by atoms with van der Waals surface area (Å²) in [7, 11) is 0. The number of aliphatic hydroxyl groups excluding tert-OH is 2. The fourth-order valence-corrected chi connectivity index (χ4v) is 1.20. The first-order chi connectivity index (χ1) is 6.95. The van der Waals surface area contributed by atoms with E-state index in [0.29, 0.717) is 6.54 Å². The third kappa shape index (κ3) is 7.90. The molecule has 0 saturated heterocycles. The van der Waals surface area contributed by atoms with E-state index in [1.807, 2.05) is 0 Å². The molecule has 0 bridgehead atoms. The van der Waals surface area contributed by atoms with Crippen LogP contribution in [0.2, 0.25) is 0 Å². The molecule has 0 heterocycles. The van der Waals surface area contributed by atoms with E-state index in [1.54, 1.807) is 6.92 Å². The fraction of sp³-hybridized carbons (Fsp3) is 0.778.